The van der Waals surface area contributed by atoms with Crippen molar-refractivity contribution >= 4 is 22.4 Å². The second-order valence-corrected chi connectivity index (χ2v) is 7.03. The Balaban J connectivity index is 1.68. The van der Waals surface area contributed by atoms with Gasteiger partial charge in [-0.1, -0.05) is 12.1 Å². The maximum Gasteiger partial charge on any atom is 0.255 e. The average molecular weight is 361 g/mol. The number of amides is 1. The molecule has 7 heteroatoms. The summed E-state index contributed by atoms with van der Waals surface area (Å²) in [5.41, 5.74) is 1.73. The molecule has 134 valence electrons. The molecule has 3 rings (SSSR count). The molecule has 0 aliphatic carbocycles. The predicted molar refractivity (Wildman–Crippen MR) is 99.2 cm³/mol. The van der Waals surface area contributed by atoms with Gasteiger partial charge < -0.3 is 14.4 Å². The van der Waals surface area contributed by atoms with Crippen LogP contribution in [0.3, 0.4) is 0 Å². The van der Waals surface area contributed by atoms with E-state index in [0.717, 1.165) is 36.4 Å². The molecule has 1 atom stereocenters. The second-order valence-electron chi connectivity index (χ2n) is 6.18. The van der Waals surface area contributed by atoms with Gasteiger partial charge in [-0.15, -0.1) is 11.3 Å². The van der Waals surface area contributed by atoms with E-state index >= 15 is 0 Å². The number of benzene rings is 1. The zero-order valence-corrected chi connectivity index (χ0v) is 15.3. The van der Waals surface area contributed by atoms with Crippen LogP contribution < -0.4 is 10.1 Å². The van der Waals surface area contributed by atoms with Crippen molar-refractivity contribution in [1.29, 1.82) is 0 Å². The molecule has 1 aliphatic heterocycles. The van der Waals surface area contributed by atoms with Crippen molar-refractivity contribution in [3.05, 3.63) is 29.6 Å². The fourth-order valence-electron chi connectivity index (χ4n) is 2.57. The second kappa shape index (κ2) is 8.42. The number of aromatic nitrogens is 1. The van der Waals surface area contributed by atoms with Crippen molar-refractivity contribution < 1.29 is 14.3 Å². The highest BCUT2D eigenvalue weighted by Gasteiger charge is 2.24. The zero-order valence-electron chi connectivity index (χ0n) is 14.5. The van der Waals surface area contributed by atoms with Crippen LogP contribution in [0.15, 0.2) is 29.6 Å². The maximum atomic E-state index is 12.1. The molecule has 0 spiro atoms. The van der Waals surface area contributed by atoms with Crippen LogP contribution in [0, 0.1) is 0 Å². The van der Waals surface area contributed by atoms with Crippen LogP contribution in [-0.2, 0) is 9.53 Å². The number of nitrogens with zero attached hydrogens (tertiary/aromatic N) is 2. The minimum absolute atomic E-state index is 0.117. The van der Waals surface area contributed by atoms with Crippen LogP contribution in [0.5, 0.6) is 5.75 Å². The number of hydrogen-bond acceptors (Lipinski definition) is 6. The first-order valence-electron chi connectivity index (χ1n) is 8.38. The van der Waals surface area contributed by atoms with Crippen molar-refractivity contribution in [2.24, 2.45) is 0 Å². The van der Waals surface area contributed by atoms with Gasteiger partial charge in [0, 0.05) is 24.1 Å². The molecule has 1 N–H and O–H groups in total. The molecule has 6 nitrogen and oxygen atoms in total. The molecule has 1 saturated heterocycles. The molecule has 1 unspecified atom stereocenters. The molecular formula is C18H23N3O3S. The molecule has 0 bridgehead atoms. The SMILES string of the molecule is CN(C)CCOc1ccccc1-c1csc(NC(=O)C2CCCO2)n1. The van der Waals surface area contributed by atoms with Crippen LogP contribution in [0.4, 0.5) is 5.13 Å². The summed E-state index contributed by atoms with van der Waals surface area (Å²) >= 11 is 1.41. The Hall–Kier alpha value is -1.96. The number of carbonyl (C=O) groups excluding carboxylic acids is 1. The third-order valence-electron chi connectivity index (χ3n) is 3.92. The van der Waals surface area contributed by atoms with Gasteiger partial charge in [-0.2, -0.15) is 0 Å². The summed E-state index contributed by atoms with van der Waals surface area (Å²) in [7, 11) is 4.03. The highest BCUT2D eigenvalue weighted by molar-refractivity contribution is 7.14. The summed E-state index contributed by atoms with van der Waals surface area (Å²) in [6.07, 6.45) is 1.35. The Kier molecular flexibility index (Phi) is 6.01. The number of rotatable bonds is 7. The number of nitrogens with one attached hydrogen (secondary N) is 1. The van der Waals surface area contributed by atoms with Crippen LogP contribution in [0.1, 0.15) is 12.8 Å². The monoisotopic (exact) mass is 361 g/mol. The lowest BCUT2D eigenvalue weighted by Crippen LogP contribution is -2.26. The van der Waals surface area contributed by atoms with Crippen molar-refractivity contribution in [1.82, 2.24) is 9.88 Å². The van der Waals surface area contributed by atoms with Crippen LogP contribution in [-0.4, -0.2) is 55.7 Å². The third-order valence-corrected chi connectivity index (χ3v) is 4.67. The van der Waals surface area contributed by atoms with Gasteiger partial charge >= 0.3 is 0 Å². The minimum Gasteiger partial charge on any atom is -0.492 e. The van der Waals surface area contributed by atoms with E-state index in [0.29, 0.717) is 18.3 Å². The van der Waals surface area contributed by atoms with E-state index in [4.69, 9.17) is 9.47 Å². The molecule has 0 saturated carbocycles. The van der Waals surface area contributed by atoms with E-state index in [1.807, 2.05) is 43.7 Å². The lowest BCUT2D eigenvalue weighted by atomic mass is 10.1. The first kappa shape index (κ1) is 17.8. The normalized spacial score (nSPS) is 17.0. The first-order valence-corrected chi connectivity index (χ1v) is 9.26. The van der Waals surface area contributed by atoms with E-state index in [2.05, 4.69) is 15.2 Å². The minimum atomic E-state index is -0.353. The smallest absolute Gasteiger partial charge is 0.255 e. The van der Waals surface area contributed by atoms with Gasteiger partial charge in [0.1, 0.15) is 18.5 Å². The van der Waals surface area contributed by atoms with E-state index < -0.39 is 0 Å². The number of para-hydroxylation sites is 1. The molecule has 0 radical (unpaired) electrons. The average Bonchev–Trinajstić information content (AvgIpc) is 3.26. The molecule has 1 aromatic carbocycles. The van der Waals surface area contributed by atoms with Gasteiger partial charge in [0.25, 0.3) is 5.91 Å². The fraction of sp³-hybridized carbons (Fsp3) is 0.444. The molecule has 25 heavy (non-hydrogen) atoms. The lowest BCUT2D eigenvalue weighted by Gasteiger charge is -2.13. The van der Waals surface area contributed by atoms with Gasteiger partial charge in [-0.3, -0.25) is 10.1 Å². The van der Waals surface area contributed by atoms with Gasteiger partial charge in [0.15, 0.2) is 5.13 Å². The number of hydrogen-bond donors (Lipinski definition) is 1. The number of carbonyl (C=O) groups is 1. The molecule has 1 fully saturated rings. The molecule has 2 heterocycles. The number of likely N-dealkylation sites (N-methyl/N-ethyl adjacent to an activating group) is 1. The molecule has 1 aliphatic rings. The van der Waals surface area contributed by atoms with Gasteiger partial charge in [-0.25, -0.2) is 4.98 Å². The van der Waals surface area contributed by atoms with Crippen LogP contribution in [0.25, 0.3) is 11.3 Å². The quantitative estimate of drug-likeness (QED) is 0.822. The Labute approximate surface area is 151 Å². The molecule has 1 aromatic heterocycles. The van der Waals surface area contributed by atoms with Crippen molar-refractivity contribution in [2.45, 2.75) is 18.9 Å². The molecule has 1 amide bonds. The van der Waals surface area contributed by atoms with E-state index in [1.165, 1.54) is 11.3 Å². The van der Waals surface area contributed by atoms with Crippen LogP contribution >= 0.6 is 11.3 Å². The molecule has 2 aromatic rings. The third kappa shape index (κ3) is 4.78. The Bertz CT molecular complexity index is 711. The molecular weight excluding hydrogens is 338 g/mol. The van der Waals surface area contributed by atoms with Gasteiger partial charge in [0.2, 0.25) is 0 Å². The predicted octanol–water partition coefficient (Wildman–Crippen LogP) is 2.87. The Morgan fingerprint density at radius 1 is 1.44 bits per heavy atom. The summed E-state index contributed by atoms with van der Waals surface area (Å²) in [5.74, 6) is 0.681. The van der Waals surface area contributed by atoms with E-state index in [9.17, 15) is 4.79 Å². The number of anilines is 1. The van der Waals surface area contributed by atoms with Crippen molar-refractivity contribution in [2.75, 3.05) is 39.2 Å². The lowest BCUT2D eigenvalue weighted by molar-refractivity contribution is -0.124. The van der Waals surface area contributed by atoms with Crippen LogP contribution in [0.2, 0.25) is 0 Å². The number of ether oxygens (including phenoxy) is 2. The fourth-order valence-corrected chi connectivity index (χ4v) is 3.28. The Morgan fingerprint density at radius 2 is 2.28 bits per heavy atom. The highest BCUT2D eigenvalue weighted by Crippen LogP contribution is 2.32. The first-order chi connectivity index (χ1) is 12.1. The summed E-state index contributed by atoms with van der Waals surface area (Å²) < 4.78 is 11.3. The van der Waals surface area contributed by atoms with E-state index in [-0.39, 0.29) is 12.0 Å². The number of thiazole rings is 1. The maximum absolute atomic E-state index is 12.1. The standard InChI is InChI=1S/C18H23N3O3S/c1-21(2)9-11-24-15-7-4-3-6-13(15)14-12-25-18(19-14)20-17(22)16-8-5-10-23-16/h3-4,6-7,12,16H,5,8-11H2,1-2H3,(H,19,20,22). The summed E-state index contributed by atoms with van der Waals surface area (Å²) in [4.78, 5) is 18.7. The van der Waals surface area contributed by atoms with E-state index in [1.54, 1.807) is 0 Å². The topological polar surface area (TPSA) is 63.7 Å². The summed E-state index contributed by atoms with van der Waals surface area (Å²) in [5, 5.41) is 5.36. The zero-order chi connectivity index (χ0) is 17.6. The largest absolute Gasteiger partial charge is 0.492 e. The van der Waals surface area contributed by atoms with Crippen molar-refractivity contribution in [3.8, 4) is 17.0 Å². The van der Waals surface area contributed by atoms with Gasteiger partial charge in [0.05, 0.1) is 5.69 Å². The summed E-state index contributed by atoms with van der Waals surface area (Å²) in [6.45, 7) is 2.10. The Morgan fingerprint density at radius 3 is 3.04 bits per heavy atom. The highest BCUT2D eigenvalue weighted by atomic mass is 32.1. The van der Waals surface area contributed by atoms with Gasteiger partial charge in [-0.05, 0) is 39.1 Å². The van der Waals surface area contributed by atoms with Crippen molar-refractivity contribution in [3.63, 3.8) is 0 Å². The summed E-state index contributed by atoms with van der Waals surface area (Å²) in [6, 6.07) is 7.82.